The highest BCUT2D eigenvalue weighted by molar-refractivity contribution is 5.27. The first-order valence-electron chi connectivity index (χ1n) is 8.06. The smallest absolute Gasteiger partial charge is 0.0276 e. The fraction of sp³-hybridized carbons (Fsp3) is 0.579. The lowest BCUT2D eigenvalue weighted by Crippen LogP contribution is -1.94. The van der Waals surface area contributed by atoms with E-state index in [-0.39, 0.29) is 0 Å². The van der Waals surface area contributed by atoms with E-state index in [1.165, 1.54) is 64.2 Å². The molecule has 1 aromatic carbocycles. The van der Waals surface area contributed by atoms with Crippen LogP contribution in [-0.2, 0) is 12.8 Å². The Morgan fingerprint density at radius 3 is 2.05 bits per heavy atom. The van der Waals surface area contributed by atoms with Gasteiger partial charge < -0.3 is 0 Å². The van der Waals surface area contributed by atoms with Crippen LogP contribution in [0.4, 0.5) is 0 Å². The minimum absolute atomic E-state index is 1.18. The Morgan fingerprint density at radius 1 is 0.842 bits per heavy atom. The second kappa shape index (κ2) is 10.8. The minimum atomic E-state index is 1.18. The molecule has 0 fully saturated rings. The van der Waals surface area contributed by atoms with E-state index in [2.05, 4.69) is 37.8 Å². The number of hydrogen-bond donors (Lipinski definition) is 0. The largest absolute Gasteiger partial charge is 0.103 e. The third-order valence-corrected chi connectivity index (χ3v) is 3.77. The maximum Gasteiger partial charge on any atom is -0.0276 e. The zero-order chi connectivity index (χ0) is 13.8. The molecule has 19 heavy (non-hydrogen) atoms. The highest BCUT2D eigenvalue weighted by atomic mass is 14.1. The molecule has 0 saturated carbocycles. The van der Waals surface area contributed by atoms with Gasteiger partial charge in [-0.15, -0.1) is 6.58 Å². The fourth-order valence-electron chi connectivity index (χ4n) is 2.55. The molecule has 0 atom stereocenters. The van der Waals surface area contributed by atoms with Crippen molar-refractivity contribution in [3.8, 4) is 0 Å². The van der Waals surface area contributed by atoms with E-state index in [9.17, 15) is 0 Å². The molecule has 0 saturated heterocycles. The summed E-state index contributed by atoms with van der Waals surface area (Å²) >= 11 is 0. The van der Waals surface area contributed by atoms with Crippen LogP contribution in [0.25, 0.3) is 0 Å². The van der Waals surface area contributed by atoms with Crippen LogP contribution in [-0.4, -0.2) is 0 Å². The maximum atomic E-state index is 3.77. The number of allylic oxidation sites excluding steroid dienone is 1. The zero-order valence-corrected chi connectivity index (χ0v) is 12.7. The van der Waals surface area contributed by atoms with Crippen LogP contribution >= 0.6 is 0 Å². The molecule has 0 aliphatic rings. The lowest BCUT2D eigenvalue weighted by atomic mass is 9.97. The fourth-order valence-corrected chi connectivity index (χ4v) is 2.55. The molecule has 0 aliphatic heterocycles. The van der Waals surface area contributed by atoms with E-state index < -0.39 is 0 Å². The molecule has 0 N–H and O–H groups in total. The van der Waals surface area contributed by atoms with Crippen molar-refractivity contribution in [2.75, 3.05) is 0 Å². The van der Waals surface area contributed by atoms with E-state index in [1.807, 2.05) is 6.08 Å². The monoisotopic (exact) mass is 258 g/mol. The van der Waals surface area contributed by atoms with Gasteiger partial charge in [-0.05, 0) is 49.7 Å². The number of aryl methyl sites for hydroxylation is 2. The Morgan fingerprint density at radius 2 is 1.42 bits per heavy atom. The van der Waals surface area contributed by atoms with Gasteiger partial charge in [-0.25, -0.2) is 0 Å². The third-order valence-electron chi connectivity index (χ3n) is 3.77. The average Bonchev–Trinajstić information content (AvgIpc) is 2.45. The lowest BCUT2D eigenvalue weighted by Gasteiger charge is -2.09. The second-order valence-electron chi connectivity index (χ2n) is 5.47. The SMILES string of the molecule is C=CCCCCCCCc1ccccc1CCCC. The summed E-state index contributed by atoms with van der Waals surface area (Å²) in [6.07, 6.45) is 15.1. The first-order valence-corrected chi connectivity index (χ1v) is 8.06. The number of unbranched alkanes of at least 4 members (excludes halogenated alkanes) is 6. The summed E-state index contributed by atoms with van der Waals surface area (Å²) < 4.78 is 0. The van der Waals surface area contributed by atoms with Gasteiger partial charge in [0, 0.05) is 0 Å². The predicted octanol–water partition coefficient (Wildman–Crippen LogP) is 6.10. The van der Waals surface area contributed by atoms with Crippen LogP contribution < -0.4 is 0 Å². The molecule has 106 valence electrons. The molecule has 0 aromatic heterocycles. The molecule has 0 bridgehead atoms. The predicted molar refractivity (Wildman–Crippen MR) is 86.7 cm³/mol. The van der Waals surface area contributed by atoms with Gasteiger partial charge in [0.05, 0.1) is 0 Å². The second-order valence-corrected chi connectivity index (χ2v) is 5.47. The van der Waals surface area contributed by atoms with E-state index in [1.54, 1.807) is 11.1 Å². The van der Waals surface area contributed by atoms with Crippen LogP contribution in [0.5, 0.6) is 0 Å². The molecule has 0 amide bonds. The van der Waals surface area contributed by atoms with E-state index in [0.717, 1.165) is 0 Å². The van der Waals surface area contributed by atoms with Gasteiger partial charge in [-0.1, -0.05) is 62.9 Å². The topological polar surface area (TPSA) is 0 Å². The lowest BCUT2D eigenvalue weighted by molar-refractivity contribution is 0.616. The highest BCUT2D eigenvalue weighted by Crippen LogP contribution is 2.16. The quantitative estimate of drug-likeness (QED) is 0.332. The van der Waals surface area contributed by atoms with Crippen LogP contribution in [0.2, 0.25) is 0 Å². The van der Waals surface area contributed by atoms with Gasteiger partial charge in [0.15, 0.2) is 0 Å². The summed E-state index contributed by atoms with van der Waals surface area (Å²) in [5.74, 6) is 0. The van der Waals surface area contributed by atoms with Gasteiger partial charge in [0.25, 0.3) is 0 Å². The van der Waals surface area contributed by atoms with Crippen molar-refractivity contribution in [3.63, 3.8) is 0 Å². The summed E-state index contributed by atoms with van der Waals surface area (Å²) in [6, 6.07) is 9.01. The van der Waals surface area contributed by atoms with Gasteiger partial charge in [0.1, 0.15) is 0 Å². The molecule has 1 aromatic rings. The number of hydrogen-bond acceptors (Lipinski definition) is 0. The minimum Gasteiger partial charge on any atom is -0.103 e. The summed E-state index contributed by atoms with van der Waals surface area (Å²) in [7, 11) is 0. The van der Waals surface area contributed by atoms with Gasteiger partial charge in [-0.3, -0.25) is 0 Å². The molecule has 1 rings (SSSR count). The molecular weight excluding hydrogens is 228 g/mol. The van der Waals surface area contributed by atoms with Crippen LogP contribution in [0.15, 0.2) is 36.9 Å². The van der Waals surface area contributed by atoms with E-state index >= 15 is 0 Å². The van der Waals surface area contributed by atoms with E-state index in [0.29, 0.717) is 0 Å². The molecule has 0 heterocycles. The number of benzene rings is 1. The van der Waals surface area contributed by atoms with Crippen molar-refractivity contribution in [2.24, 2.45) is 0 Å². The number of rotatable bonds is 11. The Labute approximate surface area is 119 Å². The molecule has 0 unspecified atom stereocenters. The first-order chi connectivity index (χ1) is 9.38. The van der Waals surface area contributed by atoms with Crippen molar-refractivity contribution in [1.82, 2.24) is 0 Å². The van der Waals surface area contributed by atoms with E-state index in [4.69, 9.17) is 0 Å². The van der Waals surface area contributed by atoms with Gasteiger partial charge in [-0.2, -0.15) is 0 Å². The molecular formula is C19H30. The zero-order valence-electron chi connectivity index (χ0n) is 12.7. The standard InChI is InChI=1S/C19H30/c1-3-5-7-8-9-10-11-15-19-17-13-12-16-18(19)14-6-4-2/h3,12-13,16-17H,1,4-11,14-15H2,2H3. The van der Waals surface area contributed by atoms with Crippen molar-refractivity contribution >= 4 is 0 Å². The Hall–Kier alpha value is -1.04. The molecule has 0 spiro atoms. The molecule has 0 aliphatic carbocycles. The van der Waals surface area contributed by atoms with Crippen LogP contribution in [0, 0.1) is 0 Å². The van der Waals surface area contributed by atoms with Crippen LogP contribution in [0.1, 0.15) is 69.4 Å². The summed E-state index contributed by atoms with van der Waals surface area (Å²) in [4.78, 5) is 0. The van der Waals surface area contributed by atoms with Crippen molar-refractivity contribution in [3.05, 3.63) is 48.0 Å². The molecule has 0 nitrogen and oxygen atoms in total. The third kappa shape index (κ3) is 7.20. The summed E-state index contributed by atoms with van der Waals surface area (Å²) in [6.45, 7) is 6.04. The molecule has 0 heteroatoms. The maximum absolute atomic E-state index is 3.77. The van der Waals surface area contributed by atoms with Crippen molar-refractivity contribution in [2.45, 2.75) is 71.1 Å². The highest BCUT2D eigenvalue weighted by Gasteiger charge is 2.01. The van der Waals surface area contributed by atoms with Gasteiger partial charge in [0.2, 0.25) is 0 Å². The average molecular weight is 258 g/mol. The summed E-state index contributed by atoms with van der Waals surface area (Å²) in [5.41, 5.74) is 3.16. The molecule has 0 radical (unpaired) electrons. The normalized spacial score (nSPS) is 10.6. The van der Waals surface area contributed by atoms with Crippen molar-refractivity contribution in [1.29, 1.82) is 0 Å². The Kier molecular flexibility index (Phi) is 9.14. The summed E-state index contributed by atoms with van der Waals surface area (Å²) in [5, 5.41) is 0. The van der Waals surface area contributed by atoms with Crippen LogP contribution in [0.3, 0.4) is 0 Å². The Balaban J connectivity index is 2.22. The van der Waals surface area contributed by atoms with Gasteiger partial charge >= 0.3 is 0 Å². The van der Waals surface area contributed by atoms with Crippen molar-refractivity contribution < 1.29 is 0 Å². The Bertz CT molecular complexity index is 338. The first kappa shape index (κ1) is 16.0.